The molecule has 0 saturated heterocycles. The highest BCUT2D eigenvalue weighted by atomic mass is 16.4. The van der Waals surface area contributed by atoms with Gasteiger partial charge in [-0.05, 0) is 24.6 Å². The van der Waals surface area contributed by atoms with Crippen LogP contribution >= 0.6 is 0 Å². The standard InChI is InChI=1S/C14H17N3O2/c1-3-10-7-16-13(19-10)8-17-14(18)11-5-4-6-12(15)9(11)2/h4-7H,3,8,15H2,1-2H3,(H,17,18). The Morgan fingerprint density at radius 3 is 2.95 bits per heavy atom. The number of amides is 1. The molecule has 3 N–H and O–H groups in total. The summed E-state index contributed by atoms with van der Waals surface area (Å²) in [4.78, 5) is 16.1. The van der Waals surface area contributed by atoms with Crippen molar-refractivity contribution in [1.29, 1.82) is 0 Å². The number of nitrogens with zero attached hydrogens (tertiary/aromatic N) is 1. The molecule has 0 radical (unpaired) electrons. The third kappa shape index (κ3) is 2.93. The predicted octanol–water partition coefficient (Wildman–Crippen LogP) is 2.06. The molecule has 0 unspecified atom stereocenters. The van der Waals surface area contributed by atoms with Gasteiger partial charge in [-0.15, -0.1) is 0 Å². The van der Waals surface area contributed by atoms with Crippen molar-refractivity contribution in [2.75, 3.05) is 5.73 Å². The van der Waals surface area contributed by atoms with Crippen molar-refractivity contribution in [3.8, 4) is 0 Å². The van der Waals surface area contributed by atoms with Gasteiger partial charge < -0.3 is 15.5 Å². The van der Waals surface area contributed by atoms with E-state index in [0.29, 0.717) is 17.1 Å². The normalized spacial score (nSPS) is 10.4. The van der Waals surface area contributed by atoms with Crippen LogP contribution in [0.5, 0.6) is 0 Å². The number of nitrogen functional groups attached to an aromatic ring is 1. The number of aryl methyl sites for hydroxylation is 1. The first kappa shape index (κ1) is 13.1. The molecule has 0 bridgehead atoms. The maximum atomic E-state index is 12.0. The number of oxazole rings is 1. The summed E-state index contributed by atoms with van der Waals surface area (Å²) in [5, 5.41) is 2.77. The Balaban J connectivity index is 2.03. The van der Waals surface area contributed by atoms with Crippen molar-refractivity contribution >= 4 is 11.6 Å². The highest BCUT2D eigenvalue weighted by molar-refractivity contribution is 5.96. The Morgan fingerprint density at radius 1 is 1.47 bits per heavy atom. The lowest BCUT2D eigenvalue weighted by Crippen LogP contribution is -2.24. The van der Waals surface area contributed by atoms with E-state index in [4.69, 9.17) is 10.2 Å². The van der Waals surface area contributed by atoms with Gasteiger partial charge in [-0.3, -0.25) is 4.79 Å². The molecule has 1 amide bonds. The summed E-state index contributed by atoms with van der Waals surface area (Å²) < 4.78 is 5.42. The minimum Gasteiger partial charge on any atom is -0.444 e. The van der Waals surface area contributed by atoms with Crippen LogP contribution in [0.25, 0.3) is 0 Å². The second-order valence-corrected chi connectivity index (χ2v) is 4.28. The first-order valence-corrected chi connectivity index (χ1v) is 6.18. The van der Waals surface area contributed by atoms with Crippen molar-refractivity contribution in [3.63, 3.8) is 0 Å². The first-order chi connectivity index (χ1) is 9.11. The van der Waals surface area contributed by atoms with Crippen LogP contribution < -0.4 is 11.1 Å². The van der Waals surface area contributed by atoms with Crippen molar-refractivity contribution in [2.45, 2.75) is 26.8 Å². The smallest absolute Gasteiger partial charge is 0.252 e. The number of nitrogens with one attached hydrogen (secondary N) is 1. The van der Waals surface area contributed by atoms with Crippen molar-refractivity contribution in [3.05, 3.63) is 47.2 Å². The average Bonchev–Trinajstić information content (AvgIpc) is 2.87. The molecule has 0 aliphatic heterocycles. The molecule has 0 fully saturated rings. The van der Waals surface area contributed by atoms with E-state index in [2.05, 4.69) is 10.3 Å². The quantitative estimate of drug-likeness (QED) is 0.823. The maximum Gasteiger partial charge on any atom is 0.252 e. The molecular weight excluding hydrogens is 242 g/mol. The van der Waals surface area contributed by atoms with Crippen LogP contribution in [0, 0.1) is 6.92 Å². The molecule has 1 aromatic heterocycles. The molecule has 1 heterocycles. The number of hydrogen-bond acceptors (Lipinski definition) is 4. The van der Waals surface area contributed by atoms with E-state index >= 15 is 0 Å². The van der Waals surface area contributed by atoms with Gasteiger partial charge in [-0.25, -0.2) is 4.98 Å². The molecule has 19 heavy (non-hydrogen) atoms. The SMILES string of the molecule is CCc1cnc(CNC(=O)c2cccc(N)c2C)o1. The second kappa shape index (κ2) is 5.56. The summed E-state index contributed by atoms with van der Waals surface area (Å²) in [6, 6.07) is 5.28. The Kier molecular flexibility index (Phi) is 3.85. The van der Waals surface area contributed by atoms with Crippen LogP contribution in [0.4, 0.5) is 5.69 Å². The fourth-order valence-electron chi connectivity index (χ4n) is 1.74. The molecule has 1 aromatic carbocycles. The monoisotopic (exact) mass is 259 g/mol. The molecule has 0 spiro atoms. The Hall–Kier alpha value is -2.30. The lowest BCUT2D eigenvalue weighted by atomic mass is 10.1. The molecular formula is C14H17N3O2. The molecule has 0 aliphatic rings. The highest BCUT2D eigenvalue weighted by Gasteiger charge is 2.11. The summed E-state index contributed by atoms with van der Waals surface area (Å²) in [5.74, 6) is 1.14. The predicted molar refractivity (Wildman–Crippen MR) is 72.6 cm³/mol. The van der Waals surface area contributed by atoms with Crippen LogP contribution in [0.1, 0.15) is 34.5 Å². The Bertz CT molecular complexity index is 590. The summed E-state index contributed by atoms with van der Waals surface area (Å²) in [6.45, 7) is 4.08. The fourth-order valence-corrected chi connectivity index (χ4v) is 1.74. The topological polar surface area (TPSA) is 81.2 Å². The van der Waals surface area contributed by atoms with Gasteiger partial charge in [0.15, 0.2) is 0 Å². The molecule has 0 saturated carbocycles. The van der Waals surface area contributed by atoms with Gasteiger partial charge in [0.05, 0.1) is 12.7 Å². The zero-order chi connectivity index (χ0) is 13.8. The molecule has 5 heteroatoms. The number of nitrogens with two attached hydrogens (primary N) is 1. The lowest BCUT2D eigenvalue weighted by Gasteiger charge is -2.07. The number of carbonyl (C=O) groups excluding carboxylic acids is 1. The van der Waals surface area contributed by atoms with Gasteiger partial charge in [-0.2, -0.15) is 0 Å². The summed E-state index contributed by atoms with van der Waals surface area (Å²) in [5.41, 5.74) is 7.74. The van der Waals surface area contributed by atoms with Crippen molar-refractivity contribution in [2.24, 2.45) is 0 Å². The van der Waals surface area contributed by atoms with Crippen molar-refractivity contribution < 1.29 is 9.21 Å². The van der Waals surface area contributed by atoms with Gasteiger partial charge in [-0.1, -0.05) is 13.0 Å². The molecule has 2 rings (SSSR count). The fraction of sp³-hybridized carbons (Fsp3) is 0.286. The van der Waals surface area contributed by atoms with E-state index in [-0.39, 0.29) is 12.5 Å². The Labute approximate surface area is 111 Å². The van der Waals surface area contributed by atoms with E-state index in [9.17, 15) is 4.79 Å². The zero-order valence-corrected chi connectivity index (χ0v) is 11.1. The largest absolute Gasteiger partial charge is 0.444 e. The number of hydrogen-bond donors (Lipinski definition) is 2. The van der Waals surface area contributed by atoms with E-state index < -0.39 is 0 Å². The molecule has 100 valence electrons. The number of anilines is 1. The van der Waals surface area contributed by atoms with Crippen LogP contribution in [0.2, 0.25) is 0 Å². The second-order valence-electron chi connectivity index (χ2n) is 4.28. The third-order valence-electron chi connectivity index (χ3n) is 2.97. The molecule has 5 nitrogen and oxygen atoms in total. The minimum atomic E-state index is -0.180. The summed E-state index contributed by atoms with van der Waals surface area (Å²) >= 11 is 0. The van der Waals surface area contributed by atoms with Crippen LogP contribution in [-0.4, -0.2) is 10.9 Å². The van der Waals surface area contributed by atoms with Crippen LogP contribution in [0.3, 0.4) is 0 Å². The zero-order valence-electron chi connectivity index (χ0n) is 11.1. The van der Waals surface area contributed by atoms with E-state index in [0.717, 1.165) is 17.7 Å². The Morgan fingerprint density at radius 2 is 2.26 bits per heavy atom. The molecule has 0 aliphatic carbocycles. The third-order valence-corrected chi connectivity index (χ3v) is 2.97. The number of rotatable bonds is 4. The van der Waals surface area contributed by atoms with Gasteiger partial charge >= 0.3 is 0 Å². The summed E-state index contributed by atoms with van der Waals surface area (Å²) in [7, 11) is 0. The molecule has 0 atom stereocenters. The van der Waals surface area contributed by atoms with Gasteiger partial charge in [0.1, 0.15) is 5.76 Å². The van der Waals surface area contributed by atoms with Crippen LogP contribution in [0.15, 0.2) is 28.8 Å². The summed E-state index contributed by atoms with van der Waals surface area (Å²) in [6.07, 6.45) is 2.46. The maximum absolute atomic E-state index is 12.0. The van der Waals surface area contributed by atoms with Gasteiger partial charge in [0.2, 0.25) is 5.89 Å². The van der Waals surface area contributed by atoms with Crippen molar-refractivity contribution in [1.82, 2.24) is 10.3 Å². The number of aromatic nitrogens is 1. The number of benzene rings is 1. The van der Waals surface area contributed by atoms with Gasteiger partial charge in [0, 0.05) is 17.7 Å². The highest BCUT2D eigenvalue weighted by Crippen LogP contribution is 2.15. The number of carbonyl (C=O) groups is 1. The van der Waals surface area contributed by atoms with Gasteiger partial charge in [0.25, 0.3) is 5.91 Å². The average molecular weight is 259 g/mol. The molecule has 2 aromatic rings. The minimum absolute atomic E-state index is 0.180. The van der Waals surface area contributed by atoms with E-state index in [1.165, 1.54) is 0 Å². The van der Waals surface area contributed by atoms with E-state index in [1.54, 1.807) is 24.4 Å². The van der Waals surface area contributed by atoms with Crippen LogP contribution in [-0.2, 0) is 13.0 Å². The van der Waals surface area contributed by atoms with E-state index in [1.807, 2.05) is 13.8 Å². The lowest BCUT2D eigenvalue weighted by molar-refractivity contribution is 0.0946. The first-order valence-electron chi connectivity index (χ1n) is 6.18.